The van der Waals surface area contributed by atoms with Gasteiger partial charge in [-0.15, -0.1) is 0 Å². The Kier molecular flexibility index (Phi) is 6.92. The summed E-state index contributed by atoms with van der Waals surface area (Å²) in [4.78, 5) is 14.3. The third kappa shape index (κ3) is 5.23. The van der Waals surface area contributed by atoms with Crippen LogP contribution >= 0.6 is 0 Å². The molecule has 1 aromatic carbocycles. The van der Waals surface area contributed by atoms with Gasteiger partial charge < -0.3 is 13.7 Å². The maximum atomic E-state index is 12.0. The Morgan fingerprint density at radius 2 is 1.78 bits per heavy atom. The molecule has 0 aliphatic heterocycles. The summed E-state index contributed by atoms with van der Waals surface area (Å²) in [5.41, 5.74) is 2.53. The molecule has 0 atom stereocenters. The van der Waals surface area contributed by atoms with Gasteiger partial charge in [-0.3, -0.25) is 0 Å². The highest BCUT2D eigenvalue weighted by Crippen LogP contribution is 2.36. The highest BCUT2D eigenvalue weighted by molar-refractivity contribution is 6.74. The van der Waals surface area contributed by atoms with Gasteiger partial charge >= 0.3 is 5.63 Å². The minimum atomic E-state index is -1.72. The van der Waals surface area contributed by atoms with E-state index in [4.69, 9.17) is 8.84 Å². The number of nitrogens with zero attached hydrogens (tertiary/aromatic N) is 1. The van der Waals surface area contributed by atoms with Crippen LogP contribution in [0.5, 0.6) is 0 Å². The smallest absolute Gasteiger partial charge is 0.336 e. The first-order valence-electron chi connectivity index (χ1n) is 10.0. The van der Waals surface area contributed by atoms with Gasteiger partial charge in [-0.05, 0) is 62.5 Å². The van der Waals surface area contributed by atoms with Gasteiger partial charge in [0.05, 0.1) is 0 Å². The number of hydrogen-bond donors (Lipinski definition) is 0. The van der Waals surface area contributed by atoms with Crippen LogP contribution in [-0.4, -0.2) is 28.0 Å². The Balaban J connectivity index is 2.15. The number of fused-ring (bicyclic) bond motifs is 1. The van der Waals surface area contributed by atoms with Crippen molar-refractivity contribution in [1.82, 2.24) is 0 Å². The minimum Gasteiger partial charge on any atom is -0.423 e. The molecule has 0 fully saturated rings. The minimum absolute atomic E-state index is 0.217. The fraction of sp³-hybridized carbons (Fsp3) is 0.591. The van der Waals surface area contributed by atoms with Gasteiger partial charge in [0.15, 0.2) is 8.32 Å². The largest absolute Gasteiger partial charge is 0.423 e. The Bertz CT molecular complexity index is 816. The molecular formula is C22H35NO3Si. The summed E-state index contributed by atoms with van der Waals surface area (Å²) in [6.07, 6.45) is 1.73. The summed E-state index contributed by atoms with van der Waals surface area (Å²) in [7, 11) is -1.72. The second-order valence-corrected chi connectivity index (χ2v) is 13.5. The average molecular weight is 390 g/mol. The molecule has 1 heterocycles. The molecule has 0 saturated carbocycles. The average Bonchev–Trinajstić information content (AvgIpc) is 2.58. The van der Waals surface area contributed by atoms with Crippen molar-refractivity contribution in [1.29, 1.82) is 0 Å². The van der Waals surface area contributed by atoms with Gasteiger partial charge in [0, 0.05) is 42.9 Å². The molecule has 0 N–H and O–H groups in total. The summed E-state index contributed by atoms with van der Waals surface area (Å²) in [5, 5.41) is 1.24. The first-order chi connectivity index (χ1) is 12.6. The van der Waals surface area contributed by atoms with Crippen LogP contribution in [0.1, 0.15) is 46.6 Å². The molecule has 0 aliphatic carbocycles. The Morgan fingerprint density at radius 3 is 2.37 bits per heavy atom. The molecule has 2 aromatic rings. The third-order valence-corrected chi connectivity index (χ3v) is 10.3. The lowest BCUT2D eigenvalue weighted by molar-refractivity contribution is 0.282. The van der Waals surface area contributed by atoms with Gasteiger partial charge in [0.1, 0.15) is 5.58 Å². The predicted molar refractivity (Wildman–Crippen MR) is 118 cm³/mol. The van der Waals surface area contributed by atoms with E-state index in [1.165, 1.54) is 0 Å². The quantitative estimate of drug-likeness (QED) is 0.335. The van der Waals surface area contributed by atoms with Crippen molar-refractivity contribution in [3.05, 3.63) is 40.2 Å². The lowest BCUT2D eigenvalue weighted by atomic mass is 10.1. The summed E-state index contributed by atoms with van der Waals surface area (Å²) >= 11 is 0. The van der Waals surface area contributed by atoms with E-state index in [0.717, 1.165) is 49.2 Å². The summed E-state index contributed by atoms with van der Waals surface area (Å²) in [6, 6.07) is 7.81. The van der Waals surface area contributed by atoms with Crippen molar-refractivity contribution in [2.75, 3.05) is 24.6 Å². The zero-order valence-electron chi connectivity index (χ0n) is 18.0. The maximum Gasteiger partial charge on any atom is 0.336 e. The lowest BCUT2D eigenvalue weighted by Gasteiger charge is -2.36. The predicted octanol–water partition coefficient (Wildman–Crippen LogP) is 5.59. The second kappa shape index (κ2) is 8.61. The molecule has 0 amide bonds. The zero-order chi connectivity index (χ0) is 20.2. The lowest BCUT2D eigenvalue weighted by Crippen LogP contribution is -2.41. The van der Waals surface area contributed by atoms with Crippen LogP contribution in [0.4, 0.5) is 5.69 Å². The van der Waals surface area contributed by atoms with E-state index in [2.05, 4.69) is 64.7 Å². The summed E-state index contributed by atoms with van der Waals surface area (Å²) in [5.74, 6) is 0. The normalized spacial score (nSPS) is 12.6. The van der Waals surface area contributed by atoms with Gasteiger partial charge in [-0.2, -0.15) is 0 Å². The monoisotopic (exact) mass is 389 g/mol. The molecule has 0 spiro atoms. The van der Waals surface area contributed by atoms with Crippen LogP contribution in [0.2, 0.25) is 18.1 Å². The molecule has 0 radical (unpaired) electrons. The number of benzene rings is 1. The van der Waals surface area contributed by atoms with E-state index >= 15 is 0 Å². The van der Waals surface area contributed by atoms with E-state index in [9.17, 15) is 4.79 Å². The van der Waals surface area contributed by atoms with Crippen LogP contribution < -0.4 is 10.5 Å². The topological polar surface area (TPSA) is 42.7 Å². The Labute approximate surface area is 164 Å². The standard InChI is InChI=1S/C22H35NO3Si/c1-8-23(9-2)18-12-13-19-17(15-21(24)26-20(19)16-18)11-10-14-25-27(6,7)22(3,4)5/h12-13,15-16H,8-11,14H2,1-7H3. The van der Waals surface area contributed by atoms with Crippen LogP contribution in [0.3, 0.4) is 0 Å². The molecule has 4 nitrogen and oxygen atoms in total. The maximum absolute atomic E-state index is 12.0. The summed E-state index contributed by atoms with van der Waals surface area (Å²) in [6.45, 7) is 18.1. The number of aryl methyl sites for hydroxylation is 1. The van der Waals surface area contributed by atoms with Crippen LogP contribution in [0.25, 0.3) is 11.0 Å². The number of anilines is 1. The molecule has 27 heavy (non-hydrogen) atoms. The van der Waals surface area contributed by atoms with Crippen molar-refractivity contribution in [3.63, 3.8) is 0 Å². The van der Waals surface area contributed by atoms with Crippen LogP contribution in [0, 0.1) is 0 Å². The van der Waals surface area contributed by atoms with Gasteiger partial charge in [-0.25, -0.2) is 4.79 Å². The third-order valence-electron chi connectivity index (χ3n) is 5.80. The second-order valence-electron chi connectivity index (χ2n) is 8.66. The molecule has 150 valence electrons. The SMILES string of the molecule is CCN(CC)c1ccc2c(CCCO[Si](C)(C)C(C)(C)C)cc(=O)oc2c1. The van der Waals surface area contributed by atoms with E-state index in [-0.39, 0.29) is 10.7 Å². The highest BCUT2D eigenvalue weighted by Gasteiger charge is 2.36. The van der Waals surface area contributed by atoms with Crippen molar-refractivity contribution < 1.29 is 8.84 Å². The zero-order valence-corrected chi connectivity index (χ0v) is 19.0. The molecular weight excluding hydrogens is 354 g/mol. The van der Waals surface area contributed by atoms with Crippen LogP contribution in [-0.2, 0) is 10.8 Å². The molecule has 0 bridgehead atoms. The first kappa shape index (κ1) is 21.7. The Hall–Kier alpha value is -1.59. The summed E-state index contributed by atoms with van der Waals surface area (Å²) < 4.78 is 11.7. The molecule has 0 saturated heterocycles. The number of hydrogen-bond acceptors (Lipinski definition) is 4. The molecule has 0 unspecified atom stereocenters. The van der Waals surface area contributed by atoms with Gasteiger partial charge in [0.25, 0.3) is 0 Å². The Morgan fingerprint density at radius 1 is 1.11 bits per heavy atom. The molecule has 1 aromatic heterocycles. The number of rotatable bonds is 8. The van der Waals surface area contributed by atoms with Crippen molar-refractivity contribution in [2.24, 2.45) is 0 Å². The first-order valence-corrected chi connectivity index (χ1v) is 13.0. The van der Waals surface area contributed by atoms with E-state index in [0.29, 0.717) is 5.58 Å². The van der Waals surface area contributed by atoms with Gasteiger partial charge in [-0.1, -0.05) is 20.8 Å². The highest BCUT2D eigenvalue weighted by atomic mass is 28.4. The fourth-order valence-corrected chi connectivity index (χ4v) is 4.10. The van der Waals surface area contributed by atoms with Crippen molar-refractivity contribution in [3.8, 4) is 0 Å². The van der Waals surface area contributed by atoms with Crippen molar-refractivity contribution >= 4 is 25.0 Å². The van der Waals surface area contributed by atoms with Crippen molar-refractivity contribution in [2.45, 2.75) is 65.6 Å². The van der Waals surface area contributed by atoms with E-state index < -0.39 is 8.32 Å². The van der Waals surface area contributed by atoms with Crippen LogP contribution in [0.15, 0.2) is 33.5 Å². The van der Waals surface area contributed by atoms with Gasteiger partial charge in [0.2, 0.25) is 0 Å². The van der Waals surface area contributed by atoms with E-state index in [1.54, 1.807) is 6.07 Å². The molecule has 2 rings (SSSR count). The fourth-order valence-electron chi connectivity index (χ4n) is 3.02. The molecule has 5 heteroatoms. The molecule has 0 aliphatic rings. The van der Waals surface area contributed by atoms with E-state index in [1.807, 2.05) is 6.07 Å².